The zero-order valence-corrected chi connectivity index (χ0v) is 13.4. The second-order valence-electron chi connectivity index (χ2n) is 5.41. The summed E-state index contributed by atoms with van der Waals surface area (Å²) in [4.78, 5) is 4.30. The van der Waals surface area contributed by atoms with Gasteiger partial charge in [-0.25, -0.2) is 13.8 Å². The van der Waals surface area contributed by atoms with E-state index in [0.717, 1.165) is 25.3 Å². The minimum atomic E-state index is -0.619. The van der Waals surface area contributed by atoms with Crippen LogP contribution in [-0.4, -0.2) is 21.1 Å². The molecule has 0 N–H and O–H groups in total. The molecule has 2 atom stereocenters. The molecule has 1 saturated carbocycles. The highest BCUT2D eigenvalue weighted by molar-refractivity contribution is 7.99. The summed E-state index contributed by atoms with van der Waals surface area (Å²) >= 11 is 7.81. The Morgan fingerprint density at radius 3 is 2.81 bits per heavy atom. The number of imidazole rings is 1. The average Bonchev–Trinajstić information content (AvgIpc) is 2.85. The standard InChI is InChI=1S/C15H17ClF2N2S/c1-21-13-5-3-2-4-11(13)20-12-7-9(17)6-10(18)15(12)19-14(20)8-16/h6-7,11,13H,2-5,8H2,1H3. The van der Waals surface area contributed by atoms with E-state index in [0.29, 0.717) is 16.6 Å². The Labute approximate surface area is 131 Å². The van der Waals surface area contributed by atoms with Crippen LogP contribution in [0.4, 0.5) is 8.78 Å². The minimum Gasteiger partial charge on any atom is -0.323 e. The Hall–Kier alpha value is -0.810. The van der Waals surface area contributed by atoms with Crippen LogP contribution in [0.25, 0.3) is 11.0 Å². The summed E-state index contributed by atoms with van der Waals surface area (Å²) in [5, 5.41) is 0.435. The lowest BCUT2D eigenvalue weighted by Crippen LogP contribution is -2.26. The molecule has 0 amide bonds. The fraction of sp³-hybridized carbons (Fsp3) is 0.533. The van der Waals surface area contributed by atoms with Crippen molar-refractivity contribution in [3.63, 3.8) is 0 Å². The van der Waals surface area contributed by atoms with Crippen molar-refractivity contribution in [2.45, 2.75) is 42.9 Å². The first kappa shape index (κ1) is 15.1. The molecule has 2 unspecified atom stereocenters. The summed E-state index contributed by atoms with van der Waals surface area (Å²) in [6.07, 6.45) is 6.53. The van der Waals surface area contributed by atoms with Gasteiger partial charge in [0.15, 0.2) is 5.82 Å². The monoisotopic (exact) mass is 330 g/mol. The summed E-state index contributed by atoms with van der Waals surface area (Å²) in [5.41, 5.74) is 0.742. The molecule has 0 aliphatic heterocycles. The van der Waals surface area contributed by atoms with Crippen LogP contribution in [0.15, 0.2) is 12.1 Å². The van der Waals surface area contributed by atoms with Crippen molar-refractivity contribution < 1.29 is 8.78 Å². The van der Waals surface area contributed by atoms with Gasteiger partial charge >= 0.3 is 0 Å². The minimum absolute atomic E-state index is 0.202. The highest BCUT2D eigenvalue weighted by Crippen LogP contribution is 2.39. The predicted octanol–water partition coefficient (Wildman–Crippen LogP) is 4.90. The number of rotatable bonds is 3. The highest BCUT2D eigenvalue weighted by atomic mass is 35.5. The molecule has 21 heavy (non-hydrogen) atoms. The van der Waals surface area contributed by atoms with Crippen LogP contribution < -0.4 is 0 Å². The molecular weight excluding hydrogens is 314 g/mol. The number of hydrogen-bond acceptors (Lipinski definition) is 2. The van der Waals surface area contributed by atoms with Crippen molar-refractivity contribution >= 4 is 34.4 Å². The van der Waals surface area contributed by atoms with E-state index in [4.69, 9.17) is 11.6 Å². The molecule has 1 aliphatic carbocycles. The number of benzene rings is 1. The average molecular weight is 331 g/mol. The van der Waals surface area contributed by atoms with Gasteiger partial charge in [0.2, 0.25) is 0 Å². The number of fused-ring (bicyclic) bond motifs is 1. The third-order valence-electron chi connectivity index (χ3n) is 4.21. The van der Waals surface area contributed by atoms with Gasteiger partial charge < -0.3 is 4.57 Å². The number of halogens is 3. The van der Waals surface area contributed by atoms with Crippen molar-refractivity contribution in [3.8, 4) is 0 Å². The molecule has 114 valence electrons. The van der Waals surface area contributed by atoms with Crippen molar-refractivity contribution in [2.24, 2.45) is 0 Å². The van der Waals surface area contributed by atoms with E-state index >= 15 is 0 Å². The smallest absolute Gasteiger partial charge is 0.153 e. The second kappa shape index (κ2) is 6.13. The molecule has 1 aromatic carbocycles. The molecule has 1 fully saturated rings. The quantitative estimate of drug-likeness (QED) is 0.745. The van der Waals surface area contributed by atoms with Crippen LogP contribution in [-0.2, 0) is 5.88 Å². The number of alkyl halides is 1. The number of nitrogens with zero attached hydrogens (tertiary/aromatic N) is 2. The van der Waals surface area contributed by atoms with Crippen LogP contribution in [0.1, 0.15) is 37.5 Å². The Morgan fingerprint density at radius 2 is 2.10 bits per heavy atom. The molecule has 3 rings (SSSR count). The number of hydrogen-bond donors (Lipinski definition) is 0. The van der Waals surface area contributed by atoms with Crippen molar-refractivity contribution in [3.05, 3.63) is 29.6 Å². The molecule has 6 heteroatoms. The molecular formula is C15H17ClF2N2S. The molecule has 1 aliphatic rings. The molecule has 0 saturated heterocycles. The topological polar surface area (TPSA) is 17.8 Å². The van der Waals surface area contributed by atoms with E-state index < -0.39 is 11.6 Å². The molecule has 0 bridgehead atoms. The largest absolute Gasteiger partial charge is 0.323 e. The lowest BCUT2D eigenvalue weighted by atomic mass is 9.94. The van der Waals surface area contributed by atoms with Crippen molar-refractivity contribution in [1.82, 2.24) is 9.55 Å². The number of aromatic nitrogens is 2. The lowest BCUT2D eigenvalue weighted by molar-refractivity contribution is 0.365. The molecule has 1 aromatic heterocycles. The van der Waals surface area contributed by atoms with Crippen LogP contribution in [0, 0.1) is 11.6 Å². The van der Waals surface area contributed by atoms with E-state index in [1.807, 2.05) is 16.3 Å². The highest BCUT2D eigenvalue weighted by Gasteiger charge is 2.29. The molecule has 0 spiro atoms. The van der Waals surface area contributed by atoms with Gasteiger partial charge in [0.25, 0.3) is 0 Å². The zero-order valence-electron chi connectivity index (χ0n) is 11.8. The van der Waals surface area contributed by atoms with Gasteiger partial charge in [-0.3, -0.25) is 0 Å². The van der Waals surface area contributed by atoms with Gasteiger partial charge in [-0.1, -0.05) is 12.8 Å². The Morgan fingerprint density at radius 1 is 1.33 bits per heavy atom. The third kappa shape index (κ3) is 2.66. The van der Waals surface area contributed by atoms with E-state index in [2.05, 4.69) is 11.2 Å². The van der Waals surface area contributed by atoms with Gasteiger partial charge in [-0.15, -0.1) is 11.6 Å². The zero-order chi connectivity index (χ0) is 15.0. The van der Waals surface area contributed by atoms with Gasteiger partial charge in [-0.05, 0) is 25.2 Å². The molecule has 1 heterocycles. The van der Waals surface area contributed by atoms with E-state index in [1.54, 1.807) is 0 Å². The Balaban J connectivity index is 2.19. The van der Waals surface area contributed by atoms with E-state index in [1.165, 1.54) is 12.5 Å². The van der Waals surface area contributed by atoms with Crippen molar-refractivity contribution in [1.29, 1.82) is 0 Å². The molecule has 2 nitrogen and oxygen atoms in total. The number of thioether (sulfide) groups is 1. The normalized spacial score (nSPS) is 22.9. The van der Waals surface area contributed by atoms with Gasteiger partial charge in [0.1, 0.15) is 17.2 Å². The third-order valence-corrected chi connectivity index (χ3v) is 5.60. The summed E-state index contributed by atoms with van der Waals surface area (Å²) in [7, 11) is 0. The van der Waals surface area contributed by atoms with Crippen molar-refractivity contribution in [2.75, 3.05) is 6.26 Å². The van der Waals surface area contributed by atoms with Crippen LogP contribution in [0.5, 0.6) is 0 Å². The summed E-state index contributed by atoms with van der Waals surface area (Å²) < 4.78 is 29.5. The fourth-order valence-corrected chi connectivity index (χ4v) is 4.44. The Kier molecular flexibility index (Phi) is 4.41. The second-order valence-corrected chi connectivity index (χ2v) is 6.76. The van der Waals surface area contributed by atoms with Crippen LogP contribution in [0.2, 0.25) is 0 Å². The summed E-state index contributed by atoms with van der Waals surface area (Å²) in [6, 6.07) is 2.45. The predicted molar refractivity (Wildman–Crippen MR) is 84.0 cm³/mol. The first-order valence-corrected chi connectivity index (χ1v) is 8.92. The Bertz CT molecular complexity index is 659. The van der Waals surface area contributed by atoms with Crippen LogP contribution in [0.3, 0.4) is 0 Å². The summed E-state index contributed by atoms with van der Waals surface area (Å²) in [5.74, 6) is -0.361. The fourth-order valence-electron chi connectivity index (χ4n) is 3.28. The van der Waals surface area contributed by atoms with E-state index in [-0.39, 0.29) is 17.4 Å². The lowest BCUT2D eigenvalue weighted by Gasteiger charge is -2.32. The SMILES string of the molecule is CSC1CCCCC1n1c(CCl)nc2c(F)cc(F)cc21. The maximum atomic E-state index is 14.0. The molecule has 0 radical (unpaired) electrons. The van der Waals surface area contributed by atoms with E-state index in [9.17, 15) is 8.78 Å². The first-order chi connectivity index (χ1) is 10.2. The van der Waals surface area contributed by atoms with Gasteiger partial charge in [0, 0.05) is 17.4 Å². The van der Waals surface area contributed by atoms with Gasteiger partial charge in [0.05, 0.1) is 11.4 Å². The van der Waals surface area contributed by atoms with Crippen LogP contribution >= 0.6 is 23.4 Å². The maximum Gasteiger partial charge on any atom is 0.153 e. The van der Waals surface area contributed by atoms with Gasteiger partial charge in [-0.2, -0.15) is 11.8 Å². The maximum absolute atomic E-state index is 14.0. The molecule has 2 aromatic rings. The summed E-state index contributed by atoms with van der Waals surface area (Å²) in [6.45, 7) is 0. The first-order valence-electron chi connectivity index (χ1n) is 7.10.